The Morgan fingerprint density at radius 3 is 2.59 bits per heavy atom. The zero-order chi connectivity index (χ0) is 24.7. The number of aromatic hydroxyl groups is 1. The Labute approximate surface area is 198 Å². The molecule has 2 heterocycles. The zero-order valence-electron chi connectivity index (χ0n) is 19.4. The predicted octanol–water partition coefficient (Wildman–Crippen LogP) is 3.25. The normalized spacial score (nSPS) is 20.2. The van der Waals surface area contributed by atoms with Crippen LogP contribution >= 0.6 is 0 Å². The van der Waals surface area contributed by atoms with Gasteiger partial charge in [0.05, 0.1) is 6.54 Å². The summed E-state index contributed by atoms with van der Waals surface area (Å²) in [7, 11) is -1.36. The van der Waals surface area contributed by atoms with Gasteiger partial charge in [0.1, 0.15) is 18.3 Å². The molecule has 4 rings (SSSR count). The monoisotopic (exact) mass is 485 g/mol. The molecule has 0 radical (unpaired) electrons. The lowest BCUT2D eigenvalue weighted by Crippen LogP contribution is -2.53. The average molecular weight is 486 g/mol. The number of amides is 4. The van der Waals surface area contributed by atoms with Gasteiger partial charge in [-0.15, -0.1) is 0 Å². The predicted molar refractivity (Wildman–Crippen MR) is 125 cm³/mol. The van der Waals surface area contributed by atoms with Crippen LogP contribution < -0.4 is 5.32 Å². The Bertz CT molecular complexity index is 1150. The molecule has 0 saturated carbocycles. The average Bonchev–Trinajstić information content (AvgIpc) is 3.19. The number of phenols is 1. The maximum atomic E-state index is 13.7. The first-order valence-corrected chi connectivity index (χ1v) is 14.8. The van der Waals surface area contributed by atoms with Crippen LogP contribution in [0.15, 0.2) is 42.5 Å². The first-order valence-electron chi connectivity index (χ1n) is 11.1. The topological polar surface area (TPSA) is 99.2 Å². The molecule has 1 atom stereocenters. The van der Waals surface area contributed by atoms with Crippen LogP contribution in [-0.2, 0) is 21.6 Å². The number of rotatable bonds is 8. The highest BCUT2D eigenvalue weighted by molar-refractivity contribution is 6.76. The molecule has 0 bridgehead atoms. The van der Waals surface area contributed by atoms with Crippen molar-refractivity contribution in [1.82, 2.24) is 15.1 Å². The molecule has 34 heavy (non-hydrogen) atoms. The number of benzene rings is 2. The molecule has 2 aliphatic rings. The molecule has 1 fully saturated rings. The Morgan fingerprint density at radius 1 is 1.15 bits per heavy atom. The van der Waals surface area contributed by atoms with E-state index >= 15 is 0 Å². The summed E-state index contributed by atoms with van der Waals surface area (Å²) in [5.74, 6) is -1.79. The molecule has 8 nitrogen and oxygen atoms in total. The highest BCUT2D eigenvalue weighted by Crippen LogP contribution is 2.37. The van der Waals surface area contributed by atoms with E-state index in [-0.39, 0.29) is 36.7 Å². The maximum absolute atomic E-state index is 13.7. The third kappa shape index (κ3) is 4.43. The van der Waals surface area contributed by atoms with E-state index in [0.29, 0.717) is 12.2 Å². The maximum Gasteiger partial charge on any atom is 0.327 e. The Morgan fingerprint density at radius 2 is 1.88 bits per heavy atom. The van der Waals surface area contributed by atoms with Gasteiger partial charge in [-0.25, -0.2) is 14.1 Å². The number of halogens is 1. The number of carbonyl (C=O) groups excluding carboxylic acids is 3. The van der Waals surface area contributed by atoms with E-state index in [1.165, 1.54) is 29.2 Å². The molecule has 0 aliphatic carbocycles. The summed E-state index contributed by atoms with van der Waals surface area (Å²) in [6, 6.07) is 10.4. The third-order valence-electron chi connectivity index (χ3n) is 6.14. The molecule has 10 heteroatoms. The van der Waals surface area contributed by atoms with Gasteiger partial charge in [0.2, 0.25) is 0 Å². The number of urea groups is 1. The van der Waals surface area contributed by atoms with Crippen LogP contribution in [0.4, 0.5) is 9.18 Å². The van der Waals surface area contributed by atoms with Gasteiger partial charge in [0, 0.05) is 32.4 Å². The van der Waals surface area contributed by atoms with Crippen molar-refractivity contribution in [1.29, 1.82) is 0 Å². The zero-order valence-corrected chi connectivity index (χ0v) is 20.4. The van der Waals surface area contributed by atoms with Crippen LogP contribution in [0.2, 0.25) is 25.7 Å². The summed E-state index contributed by atoms with van der Waals surface area (Å²) in [5, 5.41) is 13.3. The SMILES string of the molecule is C[Si](C)(C)CCOCN1C(=O)NC(CN2Cc3ccc(F)cc3C2=O)(c2ccccc2O)C1=O. The molecule has 2 aromatic carbocycles. The minimum atomic E-state index is -1.71. The smallest absolute Gasteiger partial charge is 0.327 e. The molecule has 1 saturated heterocycles. The number of ether oxygens (including phenoxy) is 1. The molecular weight excluding hydrogens is 457 g/mol. The summed E-state index contributed by atoms with van der Waals surface area (Å²) in [4.78, 5) is 41.9. The van der Waals surface area contributed by atoms with Crippen LogP contribution in [0.5, 0.6) is 5.75 Å². The lowest BCUT2D eigenvalue weighted by molar-refractivity contribution is -0.135. The lowest BCUT2D eigenvalue weighted by atomic mass is 9.88. The van der Waals surface area contributed by atoms with Crippen molar-refractivity contribution in [3.8, 4) is 5.75 Å². The van der Waals surface area contributed by atoms with Gasteiger partial charge in [-0.3, -0.25) is 9.59 Å². The van der Waals surface area contributed by atoms with Crippen LogP contribution in [0.3, 0.4) is 0 Å². The number of nitrogens with zero attached hydrogens (tertiary/aromatic N) is 2. The number of nitrogens with one attached hydrogen (secondary N) is 1. The highest BCUT2D eigenvalue weighted by atomic mass is 28.3. The van der Waals surface area contributed by atoms with Gasteiger partial charge in [-0.05, 0) is 29.8 Å². The number of carbonyl (C=O) groups is 3. The minimum Gasteiger partial charge on any atom is -0.508 e. The molecular formula is C24H28FN3O5Si. The lowest BCUT2D eigenvalue weighted by Gasteiger charge is -2.32. The molecule has 2 aromatic rings. The van der Waals surface area contributed by atoms with Crippen molar-refractivity contribution in [2.24, 2.45) is 0 Å². The van der Waals surface area contributed by atoms with E-state index in [9.17, 15) is 23.9 Å². The van der Waals surface area contributed by atoms with Gasteiger partial charge >= 0.3 is 6.03 Å². The van der Waals surface area contributed by atoms with Crippen molar-refractivity contribution in [2.75, 3.05) is 19.9 Å². The molecule has 1 unspecified atom stereocenters. The van der Waals surface area contributed by atoms with Gasteiger partial charge < -0.3 is 20.1 Å². The van der Waals surface area contributed by atoms with Crippen molar-refractivity contribution < 1.29 is 28.6 Å². The number of fused-ring (bicyclic) bond motifs is 1. The largest absolute Gasteiger partial charge is 0.508 e. The standard InChI is InChI=1S/C24H28FN3O5Si/c1-34(2,3)11-10-33-15-28-22(31)24(26-23(28)32,19-6-4-5-7-20(19)29)14-27-13-16-8-9-17(25)12-18(16)21(27)30/h4-9,12,29H,10-11,13-15H2,1-3H3,(H,26,32). The molecule has 0 spiro atoms. The summed E-state index contributed by atoms with van der Waals surface area (Å²) in [6.07, 6.45) is 0. The van der Waals surface area contributed by atoms with Crippen molar-refractivity contribution in [3.63, 3.8) is 0 Å². The third-order valence-corrected chi connectivity index (χ3v) is 7.84. The number of phenolic OH excluding ortho intramolecular Hbond substituents is 1. The summed E-state index contributed by atoms with van der Waals surface area (Å²) in [6.45, 7) is 6.71. The first-order chi connectivity index (χ1) is 16.0. The van der Waals surface area contributed by atoms with E-state index in [1.54, 1.807) is 12.1 Å². The van der Waals surface area contributed by atoms with Gasteiger partial charge in [0.15, 0.2) is 5.54 Å². The Balaban J connectivity index is 1.62. The molecule has 2 N–H and O–H groups in total. The van der Waals surface area contributed by atoms with Crippen LogP contribution in [-0.4, -0.2) is 60.7 Å². The minimum absolute atomic E-state index is 0.152. The van der Waals surface area contributed by atoms with Gasteiger partial charge in [0.25, 0.3) is 11.8 Å². The quantitative estimate of drug-likeness (QED) is 0.340. The second-order valence-electron chi connectivity index (χ2n) is 9.90. The van der Waals surface area contributed by atoms with Crippen LogP contribution in [0, 0.1) is 5.82 Å². The van der Waals surface area contributed by atoms with Crippen LogP contribution in [0.1, 0.15) is 21.5 Å². The number of para-hydroxylation sites is 1. The van der Waals surface area contributed by atoms with Crippen LogP contribution in [0.25, 0.3) is 0 Å². The van der Waals surface area contributed by atoms with E-state index in [1.807, 2.05) is 0 Å². The van der Waals surface area contributed by atoms with Crippen molar-refractivity contribution in [2.45, 2.75) is 37.8 Å². The van der Waals surface area contributed by atoms with Gasteiger partial charge in [-0.1, -0.05) is 43.9 Å². The summed E-state index contributed by atoms with van der Waals surface area (Å²) >= 11 is 0. The highest BCUT2D eigenvalue weighted by Gasteiger charge is 2.55. The van der Waals surface area contributed by atoms with Gasteiger partial charge in [-0.2, -0.15) is 0 Å². The van der Waals surface area contributed by atoms with E-state index < -0.39 is 37.3 Å². The number of imide groups is 1. The summed E-state index contributed by atoms with van der Waals surface area (Å²) < 4.78 is 19.4. The molecule has 4 amide bonds. The van der Waals surface area contributed by atoms with Crippen molar-refractivity contribution in [3.05, 3.63) is 65.0 Å². The second kappa shape index (κ2) is 8.84. The van der Waals surface area contributed by atoms with E-state index in [4.69, 9.17) is 4.74 Å². The van der Waals surface area contributed by atoms with E-state index in [2.05, 4.69) is 25.0 Å². The number of hydrogen-bond donors (Lipinski definition) is 2. The fourth-order valence-electron chi connectivity index (χ4n) is 4.23. The molecule has 0 aromatic heterocycles. The van der Waals surface area contributed by atoms with Crippen molar-refractivity contribution >= 4 is 25.9 Å². The Hall–Kier alpha value is -3.24. The molecule has 2 aliphatic heterocycles. The Kier molecular flexibility index (Phi) is 6.21. The summed E-state index contributed by atoms with van der Waals surface area (Å²) in [5.41, 5.74) is -0.688. The second-order valence-corrected chi connectivity index (χ2v) is 15.5. The first kappa shape index (κ1) is 23.9. The fourth-order valence-corrected chi connectivity index (χ4v) is 4.99. The number of hydrogen-bond acceptors (Lipinski definition) is 5. The van der Waals surface area contributed by atoms with E-state index in [0.717, 1.165) is 17.0 Å². The molecule has 180 valence electrons. The fraction of sp³-hybridized carbons (Fsp3) is 0.375.